The second-order valence-electron chi connectivity index (χ2n) is 6.12. The average Bonchev–Trinajstić information content (AvgIpc) is 2.53. The smallest absolute Gasteiger partial charge is 0.261 e. The lowest BCUT2D eigenvalue weighted by atomic mass is 9.92. The minimum atomic E-state index is -0.335. The first-order valence-electron chi connectivity index (χ1n) is 7.73. The monoisotopic (exact) mass is 335 g/mol. The number of rotatable bonds is 2. The molecule has 1 aliphatic rings. The predicted octanol–water partition coefficient (Wildman–Crippen LogP) is 2.15. The van der Waals surface area contributed by atoms with Gasteiger partial charge in [0.2, 0.25) is 0 Å². The summed E-state index contributed by atoms with van der Waals surface area (Å²) in [6, 6.07) is 9.16. The van der Waals surface area contributed by atoms with E-state index in [9.17, 15) is 9.59 Å². The highest BCUT2D eigenvalue weighted by Crippen LogP contribution is 2.23. The number of nitrogens with two attached hydrogens (primary N) is 1. The minimum absolute atomic E-state index is 0. The Morgan fingerprint density at radius 1 is 1.39 bits per heavy atom. The Morgan fingerprint density at radius 2 is 2.13 bits per heavy atom. The van der Waals surface area contributed by atoms with Crippen molar-refractivity contribution in [1.29, 1.82) is 0 Å². The zero-order chi connectivity index (χ0) is 15.7. The molecule has 0 radical (unpaired) electrons. The lowest BCUT2D eigenvalue weighted by molar-refractivity contribution is 0.0572. The van der Waals surface area contributed by atoms with Gasteiger partial charge in [-0.2, -0.15) is 0 Å². The first-order valence-corrected chi connectivity index (χ1v) is 7.73. The third-order valence-electron chi connectivity index (χ3n) is 4.49. The number of likely N-dealkylation sites (tertiary alicyclic amines) is 1. The lowest BCUT2D eigenvalue weighted by Crippen LogP contribution is -2.50. The summed E-state index contributed by atoms with van der Waals surface area (Å²) >= 11 is 0. The van der Waals surface area contributed by atoms with Crippen LogP contribution in [0.15, 0.2) is 35.1 Å². The number of carbonyl (C=O) groups excluding carboxylic acids is 1. The molecule has 1 fully saturated rings. The van der Waals surface area contributed by atoms with E-state index in [1.807, 2.05) is 24.3 Å². The van der Waals surface area contributed by atoms with Crippen LogP contribution in [-0.2, 0) is 0 Å². The molecular formula is C17H22ClN3O2. The molecule has 124 valence electrons. The Bertz CT molecular complexity index is 759. The number of pyridine rings is 1. The first kappa shape index (κ1) is 17.5. The second-order valence-corrected chi connectivity index (χ2v) is 6.12. The van der Waals surface area contributed by atoms with Crippen LogP contribution in [0.3, 0.4) is 0 Å². The van der Waals surface area contributed by atoms with Crippen LogP contribution in [0.5, 0.6) is 0 Å². The minimum Gasteiger partial charge on any atom is -0.334 e. The van der Waals surface area contributed by atoms with Crippen LogP contribution in [-0.4, -0.2) is 34.9 Å². The normalized spacial score (nSPS) is 21.0. The van der Waals surface area contributed by atoms with Gasteiger partial charge in [-0.25, -0.2) is 0 Å². The second kappa shape index (κ2) is 7.15. The van der Waals surface area contributed by atoms with Crippen molar-refractivity contribution in [2.75, 3.05) is 13.1 Å². The van der Waals surface area contributed by atoms with E-state index in [0.717, 1.165) is 23.7 Å². The third kappa shape index (κ3) is 3.41. The van der Waals surface area contributed by atoms with Gasteiger partial charge in [-0.05, 0) is 36.3 Å². The maximum atomic E-state index is 12.8. The Morgan fingerprint density at radius 3 is 2.87 bits per heavy atom. The van der Waals surface area contributed by atoms with Gasteiger partial charge in [0.15, 0.2) is 0 Å². The van der Waals surface area contributed by atoms with Crippen LogP contribution in [0.2, 0.25) is 0 Å². The number of H-pyrrole nitrogens is 1. The van der Waals surface area contributed by atoms with Crippen molar-refractivity contribution in [2.24, 2.45) is 11.7 Å². The quantitative estimate of drug-likeness (QED) is 0.882. The summed E-state index contributed by atoms with van der Waals surface area (Å²) < 4.78 is 0. The maximum Gasteiger partial charge on any atom is 0.261 e. The molecule has 6 heteroatoms. The van der Waals surface area contributed by atoms with E-state index in [1.54, 1.807) is 11.0 Å². The molecule has 1 saturated heterocycles. The van der Waals surface area contributed by atoms with Crippen LogP contribution < -0.4 is 11.3 Å². The molecular weight excluding hydrogens is 314 g/mol. The molecule has 0 spiro atoms. The van der Waals surface area contributed by atoms with Gasteiger partial charge >= 0.3 is 0 Å². The van der Waals surface area contributed by atoms with Gasteiger partial charge in [0.05, 0.1) is 0 Å². The van der Waals surface area contributed by atoms with Crippen LogP contribution in [0.4, 0.5) is 0 Å². The molecule has 1 aromatic carbocycles. The third-order valence-corrected chi connectivity index (χ3v) is 4.49. The van der Waals surface area contributed by atoms with Gasteiger partial charge in [-0.3, -0.25) is 9.59 Å². The van der Waals surface area contributed by atoms with Crippen LogP contribution in [0, 0.1) is 5.92 Å². The van der Waals surface area contributed by atoms with E-state index < -0.39 is 0 Å². The SMILES string of the molecule is CC1CCN(C(=O)c2cc3ccccc3[nH]c2=O)C(CN)C1.Cl. The number of carbonyl (C=O) groups is 1. The summed E-state index contributed by atoms with van der Waals surface area (Å²) in [7, 11) is 0. The van der Waals surface area contributed by atoms with Gasteiger partial charge in [0.1, 0.15) is 5.56 Å². The number of aromatic amines is 1. The number of aromatic nitrogens is 1. The Kier molecular flexibility index (Phi) is 5.44. The molecule has 1 amide bonds. The van der Waals surface area contributed by atoms with Gasteiger partial charge in [-0.15, -0.1) is 12.4 Å². The highest BCUT2D eigenvalue weighted by atomic mass is 35.5. The van der Waals surface area contributed by atoms with Gasteiger partial charge in [0.25, 0.3) is 11.5 Å². The molecule has 2 heterocycles. The number of halogens is 1. The summed E-state index contributed by atoms with van der Waals surface area (Å²) in [5.74, 6) is 0.349. The summed E-state index contributed by atoms with van der Waals surface area (Å²) in [4.78, 5) is 29.6. The zero-order valence-electron chi connectivity index (χ0n) is 13.1. The molecule has 2 atom stereocenters. The molecule has 0 saturated carbocycles. The number of benzene rings is 1. The number of amides is 1. The molecule has 1 aliphatic heterocycles. The summed E-state index contributed by atoms with van der Waals surface area (Å²) in [6.07, 6.45) is 1.85. The zero-order valence-corrected chi connectivity index (χ0v) is 13.9. The van der Waals surface area contributed by atoms with Crippen molar-refractivity contribution in [3.8, 4) is 0 Å². The fraction of sp³-hybridized carbons (Fsp3) is 0.412. The molecule has 2 aromatic rings. The highest BCUT2D eigenvalue weighted by molar-refractivity contribution is 5.97. The van der Waals surface area contributed by atoms with Crippen molar-refractivity contribution < 1.29 is 4.79 Å². The molecule has 1 aromatic heterocycles. The fourth-order valence-corrected chi connectivity index (χ4v) is 3.20. The van der Waals surface area contributed by atoms with Crippen LogP contribution in [0.25, 0.3) is 10.9 Å². The number of hydrogen-bond acceptors (Lipinski definition) is 3. The summed E-state index contributed by atoms with van der Waals surface area (Å²) in [6.45, 7) is 3.27. The largest absolute Gasteiger partial charge is 0.334 e. The predicted molar refractivity (Wildman–Crippen MR) is 94.1 cm³/mol. The molecule has 0 aliphatic carbocycles. The van der Waals surface area contributed by atoms with Crippen molar-refractivity contribution in [2.45, 2.75) is 25.8 Å². The summed E-state index contributed by atoms with van der Waals surface area (Å²) in [5, 5.41) is 0.861. The Balaban J connectivity index is 0.00000192. The average molecular weight is 336 g/mol. The fourth-order valence-electron chi connectivity index (χ4n) is 3.20. The number of piperidine rings is 1. The van der Waals surface area contributed by atoms with Gasteiger partial charge < -0.3 is 15.6 Å². The van der Waals surface area contributed by atoms with Gasteiger partial charge in [0, 0.05) is 24.6 Å². The van der Waals surface area contributed by atoms with E-state index in [0.29, 0.717) is 19.0 Å². The summed E-state index contributed by atoms with van der Waals surface area (Å²) in [5.41, 5.74) is 6.43. The molecule has 3 N–H and O–H groups in total. The molecule has 3 rings (SSSR count). The van der Waals surface area contributed by atoms with E-state index in [-0.39, 0.29) is 35.5 Å². The van der Waals surface area contributed by atoms with Crippen molar-refractivity contribution in [3.63, 3.8) is 0 Å². The molecule has 0 bridgehead atoms. The Labute approximate surface area is 141 Å². The maximum absolute atomic E-state index is 12.8. The number of fused-ring (bicyclic) bond motifs is 1. The number of para-hydroxylation sites is 1. The molecule has 5 nitrogen and oxygen atoms in total. The standard InChI is InChI=1S/C17H21N3O2.ClH/c1-11-6-7-20(13(8-11)10-18)17(22)14-9-12-4-2-3-5-15(12)19-16(14)21;/h2-5,9,11,13H,6-8,10,18H2,1H3,(H,19,21);1H. The van der Waals surface area contributed by atoms with E-state index in [2.05, 4.69) is 11.9 Å². The Hall–Kier alpha value is -1.85. The molecule has 23 heavy (non-hydrogen) atoms. The lowest BCUT2D eigenvalue weighted by Gasteiger charge is -2.37. The highest BCUT2D eigenvalue weighted by Gasteiger charge is 2.30. The van der Waals surface area contributed by atoms with Gasteiger partial charge in [-0.1, -0.05) is 25.1 Å². The van der Waals surface area contributed by atoms with Crippen LogP contribution >= 0.6 is 12.4 Å². The van der Waals surface area contributed by atoms with Crippen molar-refractivity contribution >= 4 is 29.2 Å². The van der Waals surface area contributed by atoms with Crippen LogP contribution in [0.1, 0.15) is 30.1 Å². The first-order chi connectivity index (χ1) is 10.6. The van der Waals surface area contributed by atoms with E-state index in [1.165, 1.54) is 0 Å². The number of nitrogens with zero attached hydrogens (tertiary/aromatic N) is 1. The number of nitrogens with one attached hydrogen (secondary N) is 1. The molecule has 2 unspecified atom stereocenters. The van der Waals surface area contributed by atoms with E-state index in [4.69, 9.17) is 5.73 Å². The van der Waals surface area contributed by atoms with Crippen molar-refractivity contribution in [3.05, 3.63) is 46.2 Å². The van der Waals surface area contributed by atoms with Crippen molar-refractivity contribution in [1.82, 2.24) is 9.88 Å². The topological polar surface area (TPSA) is 79.2 Å². The number of hydrogen-bond donors (Lipinski definition) is 2. The van der Waals surface area contributed by atoms with E-state index >= 15 is 0 Å².